The van der Waals surface area contributed by atoms with Crippen LogP contribution in [0.15, 0.2) is 12.2 Å². The number of carbonyl (C=O) groups is 3. The Morgan fingerprint density at radius 3 is 2.58 bits per heavy atom. The molecule has 106 valence electrons. The van der Waals surface area contributed by atoms with Crippen molar-refractivity contribution in [3.05, 3.63) is 12.2 Å². The molecule has 0 aromatic carbocycles. The first-order valence-corrected chi connectivity index (χ1v) is 6.04. The summed E-state index contributed by atoms with van der Waals surface area (Å²) in [7, 11) is 0. The van der Waals surface area contributed by atoms with Crippen LogP contribution >= 0.6 is 0 Å². The van der Waals surface area contributed by atoms with Crippen LogP contribution in [0.1, 0.15) is 27.2 Å². The lowest BCUT2D eigenvalue weighted by molar-refractivity contribution is -0.185. The number of rotatable bonds is 4. The van der Waals surface area contributed by atoms with Crippen LogP contribution in [-0.2, 0) is 28.6 Å². The van der Waals surface area contributed by atoms with Crippen LogP contribution in [0, 0.1) is 5.92 Å². The fourth-order valence-corrected chi connectivity index (χ4v) is 1.78. The lowest BCUT2D eigenvalue weighted by Gasteiger charge is -2.30. The molecule has 1 heterocycles. The zero-order chi connectivity index (χ0) is 14.6. The molecule has 19 heavy (non-hydrogen) atoms. The standard InChI is InChI=1S/C13H18O6/c1-7(2)12(15)17-6-10(14)19-11-8(3)5-9(4)18-13(11)16/h8-9,11H,1,5-6H2,2-4H3. The average Bonchev–Trinajstić information content (AvgIpc) is 2.30. The summed E-state index contributed by atoms with van der Waals surface area (Å²) in [6.07, 6.45) is -0.499. The number of ether oxygens (including phenoxy) is 3. The molecule has 0 bridgehead atoms. The molecule has 6 nitrogen and oxygen atoms in total. The van der Waals surface area contributed by atoms with Crippen molar-refractivity contribution in [3.8, 4) is 0 Å². The first-order valence-electron chi connectivity index (χ1n) is 6.04. The first kappa shape index (κ1) is 15.2. The summed E-state index contributed by atoms with van der Waals surface area (Å²) >= 11 is 0. The highest BCUT2D eigenvalue weighted by molar-refractivity contribution is 5.89. The average molecular weight is 270 g/mol. The number of esters is 3. The van der Waals surface area contributed by atoms with Crippen LogP contribution in [0.3, 0.4) is 0 Å². The van der Waals surface area contributed by atoms with E-state index in [1.165, 1.54) is 6.92 Å². The van der Waals surface area contributed by atoms with Crippen LogP contribution in [-0.4, -0.2) is 36.7 Å². The molecule has 0 saturated carbocycles. The van der Waals surface area contributed by atoms with Crippen molar-refractivity contribution in [3.63, 3.8) is 0 Å². The van der Waals surface area contributed by atoms with Gasteiger partial charge in [0.05, 0.1) is 6.10 Å². The molecule has 3 unspecified atom stereocenters. The van der Waals surface area contributed by atoms with Crippen LogP contribution in [0.4, 0.5) is 0 Å². The zero-order valence-electron chi connectivity index (χ0n) is 11.3. The predicted molar refractivity (Wildman–Crippen MR) is 65.0 cm³/mol. The third kappa shape index (κ3) is 4.39. The van der Waals surface area contributed by atoms with Crippen LogP contribution in [0.2, 0.25) is 0 Å². The molecule has 0 N–H and O–H groups in total. The summed E-state index contributed by atoms with van der Waals surface area (Å²) in [6, 6.07) is 0. The number of cyclic esters (lactones) is 1. The van der Waals surface area contributed by atoms with Gasteiger partial charge >= 0.3 is 17.9 Å². The van der Waals surface area contributed by atoms with E-state index in [1.807, 2.05) is 0 Å². The highest BCUT2D eigenvalue weighted by Crippen LogP contribution is 2.23. The largest absolute Gasteiger partial charge is 0.460 e. The molecular weight excluding hydrogens is 252 g/mol. The maximum atomic E-state index is 11.6. The minimum Gasteiger partial charge on any atom is -0.460 e. The van der Waals surface area contributed by atoms with Gasteiger partial charge in [0.1, 0.15) is 0 Å². The third-order valence-corrected chi connectivity index (χ3v) is 2.70. The van der Waals surface area contributed by atoms with E-state index >= 15 is 0 Å². The Kier molecular flexibility index (Phi) is 5.09. The first-order chi connectivity index (χ1) is 8.81. The van der Waals surface area contributed by atoms with Crippen LogP contribution < -0.4 is 0 Å². The van der Waals surface area contributed by atoms with Crippen molar-refractivity contribution in [2.45, 2.75) is 39.4 Å². The summed E-state index contributed by atoms with van der Waals surface area (Å²) in [4.78, 5) is 34.1. The molecule has 0 aromatic heterocycles. The molecule has 1 rings (SSSR count). The maximum Gasteiger partial charge on any atom is 0.348 e. The van der Waals surface area contributed by atoms with Gasteiger partial charge in [0.15, 0.2) is 6.61 Å². The minimum atomic E-state index is -0.938. The number of hydrogen-bond donors (Lipinski definition) is 0. The molecule has 0 aromatic rings. The molecular formula is C13H18O6. The fourth-order valence-electron chi connectivity index (χ4n) is 1.78. The van der Waals surface area contributed by atoms with Crippen molar-refractivity contribution in [2.24, 2.45) is 5.92 Å². The SMILES string of the molecule is C=C(C)C(=O)OCC(=O)OC1C(=O)OC(C)CC1C. The van der Waals surface area contributed by atoms with E-state index in [0.717, 1.165) is 0 Å². The normalized spacial score (nSPS) is 26.3. The van der Waals surface area contributed by atoms with Gasteiger partial charge in [0, 0.05) is 11.5 Å². The molecule has 3 atom stereocenters. The zero-order valence-corrected chi connectivity index (χ0v) is 11.3. The second-order valence-electron chi connectivity index (χ2n) is 4.73. The summed E-state index contributed by atoms with van der Waals surface area (Å²) in [6.45, 7) is 7.88. The summed E-state index contributed by atoms with van der Waals surface area (Å²) in [5.41, 5.74) is 0.187. The molecule has 1 aliphatic heterocycles. The Morgan fingerprint density at radius 2 is 2.05 bits per heavy atom. The van der Waals surface area contributed by atoms with Crippen LogP contribution in [0.5, 0.6) is 0 Å². The molecule has 0 aliphatic carbocycles. The maximum absolute atomic E-state index is 11.6. The Bertz CT molecular complexity index is 400. The van der Waals surface area contributed by atoms with E-state index in [4.69, 9.17) is 9.47 Å². The van der Waals surface area contributed by atoms with Crippen molar-refractivity contribution in [1.29, 1.82) is 0 Å². The molecule has 6 heteroatoms. The molecule has 1 saturated heterocycles. The predicted octanol–water partition coefficient (Wildman–Crippen LogP) is 0.989. The summed E-state index contributed by atoms with van der Waals surface area (Å²) in [5.74, 6) is -2.15. The highest BCUT2D eigenvalue weighted by atomic mass is 16.6. The second-order valence-corrected chi connectivity index (χ2v) is 4.73. The van der Waals surface area contributed by atoms with Crippen molar-refractivity contribution < 1.29 is 28.6 Å². The lowest BCUT2D eigenvalue weighted by Crippen LogP contribution is -2.43. The van der Waals surface area contributed by atoms with Crippen LogP contribution in [0.25, 0.3) is 0 Å². The van der Waals surface area contributed by atoms with Gasteiger partial charge in [0.25, 0.3) is 0 Å². The Labute approximate surface area is 111 Å². The molecule has 0 spiro atoms. The van der Waals surface area contributed by atoms with E-state index in [-0.39, 0.29) is 17.6 Å². The van der Waals surface area contributed by atoms with Gasteiger partial charge in [0.2, 0.25) is 6.10 Å². The van der Waals surface area contributed by atoms with Gasteiger partial charge in [-0.1, -0.05) is 13.5 Å². The molecule has 0 amide bonds. The molecule has 0 radical (unpaired) electrons. The Balaban J connectivity index is 2.45. The number of carbonyl (C=O) groups excluding carboxylic acids is 3. The minimum absolute atomic E-state index is 0.128. The van der Waals surface area contributed by atoms with Gasteiger partial charge in [-0.2, -0.15) is 0 Å². The Hall–Kier alpha value is -1.85. The highest BCUT2D eigenvalue weighted by Gasteiger charge is 2.37. The summed E-state index contributed by atoms with van der Waals surface area (Å²) < 4.78 is 14.6. The van der Waals surface area contributed by atoms with E-state index in [9.17, 15) is 14.4 Å². The van der Waals surface area contributed by atoms with E-state index in [1.54, 1.807) is 13.8 Å². The van der Waals surface area contributed by atoms with E-state index in [2.05, 4.69) is 11.3 Å². The summed E-state index contributed by atoms with van der Waals surface area (Å²) in [5, 5.41) is 0. The second kappa shape index (κ2) is 6.36. The van der Waals surface area contributed by atoms with Crippen molar-refractivity contribution in [1.82, 2.24) is 0 Å². The monoisotopic (exact) mass is 270 g/mol. The third-order valence-electron chi connectivity index (χ3n) is 2.70. The smallest absolute Gasteiger partial charge is 0.348 e. The van der Waals surface area contributed by atoms with Gasteiger partial charge in [-0.05, 0) is 20.3 Å². The number of hydrogen-bond acceptors (Lipinski definition) is 6. The molecule has 1 fully saturated rings. The fraction of sp³-hybridized carbons (Fsp3) is 0.615. The van der Waals surface area contributed by atoms with Gasteiger partial charge in [-0.3, -0.25) is 0 Å². The van der Waals surface area contributed by atoms with Gasteiger partial charge in [-0.25, -0.2) is 14.4 Å². The topological polar surface area (TPSA) is 78.9 Å². The van der Waals surface area contributed by atoms with E-state index in [0.29, 0.717) is 6.42 Å². The van der Waals surface area contributed by atoms with E-state index < -0.39 is 30.6 Å². The van der Waals surface area contributed by atoms with Crippen molar-refractivity contribution >= 4 is 17.9 Å². The quantitative estimate of drug-likeness (QED) is 0.430. The van der Waals surface area contributed by atoms with Gasteiger partial charge < -0.3 is 14.2 Å². The molecule has 1 aliphatic rings. The van der Waals surface area contributed by atoms with Gasteiger partial charge in [-0.15, -0.1) is 0 Å². The lowest BCUT2D eigenvalue weighted by atomic mass is 9.95. The van der Waals surface area contributed by atoms with Crippen molar-refractivity contribution in [2.75, 3.05) is 6.61 Å². The Morgan fingerprint density at radius 1 is 1.42 bits per heavy atom.